The summed E-state index contributed by atoms with van der Waals surface area (Å²) in [6.07, 6.45) is 0. The summed E-state index contributed by atoms with van der Waals surface area (Å²) in [4.78, 5) is 26.1. The monoisotopic (exact) mass is 244 g/mol. The molecule has 88 valence electrons. The van der Waals surface area contributed by atoms with Crippen LogP contribution in [0.25, 0.3) is 0 Å². The second-order valence-corrected chi connectivity index (χ2v) is 3.51. The van der Waals surface area contributed by atoms with Gasteiger partial charge in [-0.15, -0.1) is 0 Å². The van der Waals surface area contributed by atoms with Gasteiger partial charge < -0.3 is 10.1 Å². The number of aromatic nitrogens is 2. The normalized spacial score (nSPS) is 9.62. The molecule has 0 saturated heterocycles. The van der Waals surface area contributed by atoms with Gasteiger partial charge in [-0.1, -0.05) is 0 Å². The fraction of sp³-hybridized carbons (Fsp3) is 0.500. The minimum absolute atomic E-state index is 0.169. The summed E-state index contributed by atoms with van der Waals surface area (Å²) in [5, 5.41) is 5.17. The molecule has 0 radical (unpaired) electrons. The Labute approximate surface area is 96.4 Å². The van der Waals surface area contributed by atoms with Crippen LogP contribution in [0.5, 0.6) is 0 Å². The minimum Gasteiger partial charge on any atom is -0.465 e. The first-order valence-electron chi connectivity index (χ1n) is 4.62. The van der Waals surface area contributed by atoms with E-state index < -0.39 is 12.0 Å². The Morgan fingerprint density at radius 1 is 1.50 bits per heavy atom. The number of anilines is 1. The van der Waals surface area contributed by atoms with E-state index in [0.717, 1.165) is 11.5 Å². The number of hydrogen-bond acceptors (Lipinski definition) is 6. The highest BCUT2D eigenvalue weighted by Crippen LogP contribution is 2.09. The van der Waals surface area contributed by atoms with Crippen LogP contribution in [0.2, 0.25) is 0 Å². The lowest BCUT2D eigenvalue weighted by atomic mass is 10.6. The second kappa shape index (κ2) is 6.01. The van der Waals surface area contributed by atoms with Gasteiger partial charge in [-0.2, -0.15) is 4.37 Å². The SMILES string of the molecule is CCOC(=O)CNC(=O)Nc1nc(C)ns1. The van der Waals surface area contributed by atoms with Gasteiger partial charge in [0.05, 0.1) is 6.61 Å². The van der Waals surface area contributed by atoms with Gasteiger partial charge in [0.25, 0.3) is 0 Å². The molecule has 0 spiro atoms. The lowest BCUT2D eigenvalue weighted by molar-refractivity contribution is -0.141. The van der Waals surface area contributed by atoms with Crippen molar-refractivity contribution in [1.82, 2.24) is 14.7 Å². The van der Waals surface area contributed by atoms with Crippen molar-refractivity contribution in [1.29, 1.82) is 0 Å². The average Bonchev–Trinajstić information content (AvgIpc) is 2.61. The van der Waals surface area contributed by atoms with Crippen molar-refractivity contribution in [3.63, 3.8) is 0 Å². The molecule has 1 rings (SSSR count). The van der Waals surface area contributed by atoms with Crippen molar-refractivity contribution in [3.05, 3.63) is 5.82 Å². The largest absolute Gasteiger partial charge is 0.465 e. The molecule has 1 aromatic heterocycles. The van der Waals surface area contributed by atoms with Crippen molar-refractivity contribution in [2.24, 2.45) is 0 Å². The van der Waals surface area contributed by atoms with Crippen LogP contribution in [-0.2, 0) is 9.53 Å². The van der Waals surface area contributed by atoms with E-state index in [1.165, 1.54) is 0 Å². The van der Waals surface area contributed by atoms with Crippen molar-refractivity contribution < 1.29 is 14.3 Å². The van der Waals surface area contributed by atoms with Crippen LogP contribution in [0.4, 0.5) is 9.93 Å². The molecule has 0 saturated carbocycles. The standard InChI is InChI=1S/C8H12N4O3S/c1-3-15-6(13)4-9-7(14)11-8-10-5(2)12-16-8/h3-4H2,1-2H3,(H2,9,10,11,12,14). The van der Waals surface area contributed by atoms with Gasteiger partial charge in [-0.05, 0) is 13.8 Å². The number of carbonyl (C=O) groups excluding carboxylic acids is 2. The zero-order chi connectivity index (χ0) is 12.0. The molecule has 0 aliphatic rings. The number of urea groups is 1. The van der Waals surface area contributed by atoms with Gasteiger partial charge in [-0.3, -0.25) is 10.1 Å². The number of nitrogens with one attached hydrogen (secondary N) is 2. The van der Waals surface area contributed by atoms with Crippen molar-refractivity contribution in [3.8, 4) is 0 Å². The predicted octanol–water partition coefficient (Wildman–Crippen LogP) is 0.531. The maximum atomic E-state index is 11.2. The Hall–Kier alpha value is -1.70. The third kappa shape index (κ3) is 4.22. The Morgan fingerprint density at radius 2 is 2.25 bits per heavy atom. The summed E-state index contributed by atoms with van der Waals surface area (Å²) in [6, 6.07) is -0.510. The van der Waals surface area contributed by atoms with E-state index in [4.69, 9.17) is 0 Å². The molecule has 2 N–H and O–H groups in total. The van der Waals surface area contributed by atoms with Crippen LogP contribution in [0.1, 0.15) is 12.7 Å². The van der Waals surface area contributed by atoms with E-state index >= 15 is 0 Å². The Morgan fingerprint density at radius 3 is 2.81 bits per heavy atom. The van der Waals surface area contributed by atoms with Crippen molar-refractivity contribution in [2.45, 2.75) is 13.8 Å². The van der Waals surface area contributed by atoms with Gasteiger partial charge in [0.2, 0.25) is 5.13 Å². The summed E-state index contributed by atoms with van der Waals surface area (Å²) < 4.78 is 8.53. The van der Waals surface area contributed by atoms with Crippen molar-refractivity contribution in [2.75, 3.05) is 18.5 Å². The number of carbonyl (C=O) groups is 2. The second-order valence-electron chi connectivity index (χ2n) is 2.76. The summed E-state index contributed by atoms with van der Waals surface area (Å²) in [6.45, 7) is 3.54. The van der Waals surface area contributed by atoms with E-state index in [2.05, 4.69) is 24.7 Å². The highest BCUT2D eigenvalue weighted by Gasteiger charge is 2.07. The van der Waals surface area contributed by atoms with E-state index in [9.17, 15) is 9.59 Å². The molecule has 7 nitrogen and oxygen atoms in total. The van der Waals surface area contributed by atoms with Gasteiger partial charge in [0.1, 0.15) is 12.4 Å². The first-order valence-corrected chi connectivity index (χ1v) is 5.40. The predicted molar refractivity (Wildman–Crippen MR) is 58.3 cm³/mol. The van der Waals surface area contributed by atoms with Crippen molar-refractivity contribution >= 4 is 28.7 Å². The average molecular weight is 244 g/mol. The summed E-state index contributed by atoms with van der Waals surface area (Å²) in [7, 11) is 0. The third-order valence-electron chi connectivity index (χ3n) is 1.45. The van der Waals surface area contributed by atoms with E-state index in [1.807, 2.05) is 0 Å². The van der Waals surface area contributed by atoms with Crippen LogP contribution in [0.3, 0.4) is 0 Å². The molecule has 0 unspecified atom stereocenters. The van der Waals surface area contributed by atoms with Crippen LogP contribution in [0, 0.1) is 6.92 Å². The zero-order valence-corrected chi connectivity index (χ0v) is 9.76. The molecule has 8 heteroatoms. The van der Waals surface area contributed by atoms with E-state index in [-0.39, 0.29) is 13.2 Å². The molecule has 0 atom stereocenters. The van der Waals surface area contributed by atoms with Crippen LogP contribution in [0.15, 0.2) is 0 Å². The van der Waals surface area contributed by atoms with Crippen LogP contribution >= 0.6 is 11.5 Å². The third-order valence-corrected chi connectivity index (χ3v) is 2.17. The molecular weight excluding hydrogens is 232 g/mol. The number of rotatable bonds is 4. The van der Waals surface area contributed by atoms with Crippen LogP contribution in [-0.4, -0.2) is 34.5 Å². The van der Waals surface area contributed by atoms with Gasteiger partial charge >= 0.3 is 12.0 Å². The van der Waals surface area contributed by atoms with E-state index in [1.54, 1.807) is 13.8 Å². The lowest BCUT2D eigenvalue weighted by Crippen LogP contribution is -2.34. The fourth-order valence-electron chi connectivity index (χ4n) is 0.854. The summed E-state index contributed by atoms with van der Waals surface area (Å²) >= 11 is 1.07. The molecule has 0 fully saturated rings. The molecular formula is C8H12N4O3S. The summed E-state index contributed by atoms with van der Waals surface area (Å²) in [5.41, 5.74) is 0. The Bertz CT molecular complexity index is 379. The maximum Gasteiger partial charge on any atom is 0.325 e. The Kier molecular flexibility index (Phi) is 4.65. The van der Waals surface area contributed by atoms with E-state index in [0.29, 0.717) is 11.0 Å². The Balaban J connectivity index is 2.28. The minimum atomic E-state index is -0.510. The first-order chi connectivity index (χ1) is 7.61. The molecule has 0 aliphatic carbocycles. The zero-order valence-electron chi connectivity index (χ0n) is 8.94. The molecule has 1 aromatic rings. The van der Waals surface area contributed by atoms with Gasteiger partial charge in [0, 0.05) is 11.5 Å². The number of amides is 2. The number of aryl methyl sites for hydroxylation is 1. The van der Waals surface area contributed by atoms with Gasteiger partial charge in [-0.25, -0.2) is 9.78 Å². The number of esters is 1. The molecule has 2 amide bonds. The quantitative estimate of drug-likeness (QED) is 0.754. The number of nitrogens with zero attached hydrogens (tertiary/aromatic N) is 2. The topological polar surface area (TPSA) is 93.2 Å². The number of hydrogen-bond donors (Lipinski definition) is 2. The molecule has 0 bridgehead atoms. The summed E-state index contributed by atoms with van der Waals surface area (Å²) in [5.74, 6) is 0.108. The smallest absolute Gasteiger partial charge is 0.325 e. The number of ether oxygens (including phenoxy) is 1. The highest BCUT2D eigenvalue weighted by molar-refractivity contribution is 7.09. The first kappa shape index (κ1) is 12.4. The molecule has 1 heterocycles. The molecule has 0 aromatic carbocycles. The van der Waals surface area contributed by atoms with Crippen LogP contribution < -0.4 is 10.6 Å². The fourth-order valence-corrected chi connectivity index (χ4v) is 1.42. The maximum absolute atomic E-state index is 11.2. The lowest BCUT2D eigenvalue weighted by Gasteiger charge is -2.04. The highest BCUT2D eigenvalue weighted by atomic mass is 32.1. The molecule has 0 aliphatic heterocycles. The van der Waals surface area contributed by atoms with Gasteiger partial charge in [0.15, 0.2) is 0 Å². The molecule has 16 heavy (non-hydrogen) atoms.